The number of guanidine groups is 1. The summed E-state index contributed by atoms with van der Waals surface area (Å²) in [5.74, 6) is 1.55. The average molecular weight is 508 g/mol. The van der Waals surface area contributed by atoms with E-state index < -0.39 is 0 Å². The van der Waals surface area contributed by atoms with E-state index in [1.807, 2.05) is 46.6 Å². The van der Waals surface area contributed by atoms with Crippen molar-refractivity contribution in [1.82, 2.24) is 35.2 Å². The van der Waals surface area contributed by atoms with Gasteiger partial charge in [-0.2, -0.15) is 5.10 Å². The Morgan fingerprint density at radius 3 is 2.55 bits per heavy atom. The minimum absolute atomic E-state index is 0. The molecule has 0 saturated carbocycles. The fourth-order valence-electron chi connectivity index (χ4n) is 3.24. The Morgan fingerprint density at radius 2 is 1.93 bits per heavy atom. The number of hydrogen-bond donors (Lipinski definition) is 2. The van der Waals surface area contributed by atoms with Crippen LogP contribution in [-0.4, -0.2) is 43.6 Å². The SMILES string of the molecule is CN=C(NCc1nncn1-c1ccccc1)NC(C)Cc1c(C)nn(C)c1C.I. The fraction of sp³-hybridized carbons (Fsp3) is 0.400. The van der Waals surface area contributed by atoms with Gasteiger partial charge in [-0.15, -0.1) is 34.2 Å². The lowest BCUT2D eigenvalue weighted by Gasteiger charge is -2.18. The zero-order chi connectivity index (χ0) is 20.1. The number of nitrogens with one attached hydrogen (secondary N) is 2. The van der Waals surface area contributed by atoms with Crippen molar-refractivity contribution in [3.8, 4) is 5.69 Å². The van der Waals surface area contributed by atoms with Crippen LogP contribution in [0.4, 0.5) is 0 Å². The molecule has 0 bridgehead atoms. The average Bonchev–Trinajstić information content (AvgIpc) is 3.26. The van der Waals surface area contributed by atoms with Crippen molar-refractivity contribution in [3.05, 3.63) is 59.4 Å². The van der Waals surface area contributed by atoms with E-state index in [1.54, 1.807) is 13.4 Å². The van der Waals surface area contributed by atoms with E-state index in [4.69, 9.17) is 0 Å². The van der Waals surface area contributed by atoms with Crippen LogP contribution >= 0.6 is 24.0 Å². The van der Waals surface area contributed by atoms with Gasteiger partial charge in [-0.25, -0.2) is 0 Å². The van der Waals surface area contributed by atoms with Crippen LogP contribution in [0.15, 0.2) is 41.7 Å². The maximum Gasteiger partial charge on any atom is 0.191 e. The standard InChI is InChI=1S/C20H28N8.HI/c1-14(11-18-15(2)26-27(5)16(18)3)24-20(21-4)22-12-19-25-23-13-28(19)17-9-7-6-8-10-17;/h6-10,13-14H,11-12H2,1-5H3,(H2,21,22,24);1H. The van der Waals surface area contributed by atoms with Gasteiger partial charge in [0.05, 0.1) is 12.2 Å². The lowest BCUT2D eigenvalue weighted by molar-refractivity contribution is 0.631. The molecule has 8 nitrogen and oxygen atoms in total. The third-order valence-corrected chi connectivity index (χ3v) is 4.84. The Balaban J connectivity index is 0.00000300. The predicted octanol–water partition coefficient (Wildman–Crippen LogP) is 2.53. The van der Waals surface area contributed by atoms with Crippen molar-refractivity contribution in [2.75, 3.05) is 7.05 Å². The molecule has 1 aromatic carbocycles. The molecule has 3 aromatic rings. The summed E-state index contributed by atoms with van der Waals surface area (Å²) < 4.78 is 3.90. The van der Waals surface area contributed by atoms with Gasteiger partial charge in [-0.1, -0.05) is 18.2 Å². The zero-order valence-corrected chi connectivity index (χ0v) is 19.9. The largest absolute Gasteiger partial charge is 0.354 e. The maximum atomic E-state index is 4.50. The van der Waals surface area contributed by atoms with Crippen LogP contribution in [0.5, 0.6) is 0 Å². The van der Waals surface area contributed by atoms with E-state index >= 15 is 0 Å². The van der Waals surface area contributed by atoms with Crippen molar-refractivity contribution in [2.24, 2.45) is 12.0 Å². The molecule has 0 spiro atoms. The number of benzene rings is 1. The molecular formula is C20H29IN8. The van der Waals surface area contributed by atoms with E-state index in [1.165, 1.54) is 11.3 Å². The third-order valence-electron chi connectivity index (χ3n) is 4.84. The first kappa shape index (κ1) is 22.9. The number of halogens is 1. The molecule has 3 rings (SSSR count). The van der Waals surface area contributed by atoms with Gasteiger partial charge >= 0.3 is 0 Å². The van der Waals surface area contributed by atoms with E-state index in [9.17, 15) is 0 Å². The molecule has 1 atom stereocenters. The lowest BCUT2D eigenvalue weighted by Crippen LogP contribution is -2.43. The molecular weight excluding hydrogens is 479 g/mol. The Hall–Kier alpha value is -2.43. The van der Waals surface area contributed by atoms with Crippen molar-refractivity contribution < 1.29 is 0 Å². The van der Waals surface area contributed by atoms with Gasteiger partial charge in [0.1, 0.15) is 6.33 Å². The number of para-hydroxylation sites is 1. The third kappa shape index (κ3) is 5.55. The van der Waals surface area contributed by atoms with Crippen LogP contribution < -0.4 is 10.6 Å². The van der Waals surface area contributed by atoms with Crippen LogP contribution in [0.25, 0.3) is 5.69 Å². The Morgan fingerprint density at radius 1 is 1.21 bits per heavy atom. The second kappa shape index (κ2) is 10.4. The quantitative estimate of drug-likeness (QED) is 0.304. The number of aryl methyl sites for hydroxylation is 2. The van der Waals surface area contributed by atoms with Crippen LogP contribution in [0.3, 0.4) is 0 Å². The summed E-state index contributed by atoms with van der Waals surface area (Å²) in [5, 5.41) is 19.5. The van der Waals surface area contributed by atoms with Crippen molar-refractivity contribution >= 4 is 29.9 Å². The zero-order valence-electron chi connectivity index (χ0n) is 17.5. The molecule has 0 aliphatic carbocycles. The molecule has 9 heteroatoms. The first-order valence-corrected chi connectivity index (χ1v) is 9.40. The van der Waals surface area contributed by atoms with Crippen LogP contribution in [0.2, 0.25) is 0 Å². The van der Waals surface area contributed by atoms with Crippen molar-refractivity contribution in [3.63, 3.8) is 0 Å². The summed E-state index contributed by atoms with van der Waals surface area (Å²) in [5.41, 5.74) is 4.59. The highest BCUT2D eigenvalue weighted by molar-refractivity contribution is 14.0. The van der Waals surface area contributed by atoms with Crippen LogP contribution in [0, 0.1) is 13.8 Å². The second-order valence-corrected chi connectivity index (χ2v) is 6.90. The van der Waals surface area contributed by atoms with Gasteiger partial charge in [0, 0.05) is 31.5 Å². The number of aromatic nitrogens is 5. The molecule has 0 fully saturated rings. The molecule has 0 aliphatic rings. The predicted molar refractivity (Wildman–Crippen MR) is 126 cm³/mol. The molecule has 2 heterocycles. The Kier molecular flexibility index (Phi) is 8.18. The summed E-state index contributed by atoms with van der Waals surface area (Å²) in [6.07, 6.45) is 2.60. The van der Waals surface area contributed by atoms with Crippen LogP contribution in [0.1, 0.15) is 29.7 Å². The smallest absolute Gasteiger partial charge is 0.191 e. The van der Waals surface area contributed by atoms with Gasteiger partial charge < -0.3 is 10.6 Å². The van der Waals surface area contributed by atoms with Gasteiger partial charge in [-0.05, 0) is 44.9 Å². The highest BCUT2D eigenvalue weighted by Crippen LogP contribution is 2.14. The first-order chi connectivity index (χ1) is 13.5. The summed E-state index contributed by atoms with van der Waals surface area (Å²) in [6, 6.07) is 10.2. The number of nitrogens with zero attached hydrogens (tertiary/aromatic N) is 6. The molecule has 0 aliphatic heterocycles. The Labute approximate surface area is 188 Å². The second-order valence-electron chi connectivity index (χ2n) is 6.90. The van der Waals surface area contributed by atoms with E-state index in [-0.39, 0.29) is 30.0 Å². The van der Waals surface area contributed by atoms with E-state index in [2.05, 4.69) is 51.7 Å². The van der Waals surface area contributed by atoms with Gasteiger partial charge in [0.25, 0.3) is 0 Å². The minimum atomic E-state index is 0. The maximum absolute atomic E-state index is 4.50. The summed E-state index contributed by atoms with van der Waals surface area (Å²) in [4.78, 5) is 4.34. The highest BCUT2D eigenvalue weighted by atomic mass is 127. The molecule has 156 valence electrons. The molecule has 29 heavy (non-hydrogen) atoms. The van der Waals surface area contributed by atoms with Crippen molar-refractivity contribution in [1.29, 1.82) is 0 Å². The first-order valence-electron chi connectivity index (χ1n) is 9.40. The topological polar surface area (TPSA) is 84.9 Å². The van der Waals surface area contributed by atoms with Gasteiger partial charge in [0.2, 0.25) is 0 Å². The fourth-order valence-corrected chi connectivity index (χ4v) is 3.24. The van der Waals surface area contributed by atoms with Gasteiger partial charge in [0.15, 0.2) is 11.8 Å². The number of aliphatic imine (C=N–C) groups is 1. The molecule has 0 radical (unpaired) electrons. The number of rotatable bonds is 6. The van der Waals surface area contributed by atoms with E-state index in [0.717, 1.165) is 29.6 Å². The van der Waals surface area contributed by atoms with Gasteiger partial charge in [-0.3, -0.25) is 14.2 Å². The van der Waals surface area contributed by atoms with Crippen LogP contribution in [-0.2, 0) is 20.0 Å². The number of hydrogen-bond acceptors (Lipinski definition) is 4. The Bertz CT molecular complexity index is 945. The minimum Gasteiger partial charge on any atom is -0.354 e. The normalized spacial score (nSPS) is 12.4. The molecule has 1 unspecified atom stereocenters. The molecule has 2 N–H and O–H groups in total. The van der Waals surface area contributed by atoms with Crippen molar-refractivity contribution in [2.45, 2.75) is 39.8 Å². The molecule has 0 saturated heterocycles. The lowest BCUT2D eigenvalue weighted by atomic mass is 10.1. The molecule has 0 amide bonds. The van der Waals surface area contributed by atoms with E-state index in [0.29, 0.717) is 6.54 Å². The highest BCUT2D eigenvalue weighted by Gasteiger charge is 2.14. The summed E-state index contributed by atoms with van der Waals surface area (Å²) >= 11 is 0. The molecule has 2 aromatic heterocycles. The summed E-state index contributed by atoms with van der Waals surface area (Å²) in [7, 11) is 3.75. The summed E-state index contributed by atoms with van der Waals surface area (Å²) in [6.45, 7) is 6.82. The monoisotopic (exact) mass is 508 g/mol.